The Labute approximate surface area is 122 Å². The summed E-state index contributed by atoms with van der Waals surface area (Å²) in [5.74, 6) is 0.294. The minimum atomic E-state index is -0.244. The zero-order valence-corrected chi connectivity index (χ0v) is 11.6. The Morgan fingerprint density at radius 3 is 2.71 bits per heavy atom. The molecule has 0 aliphatic heterocycles. The van der Waals surface area contributed by atoms with E-state index in [9.17, 15) is 4.39 Å². The topological polar surface area (TPSA) is 38.1 Å². The van der Waals surface area contributed by atoms with Gasteiger partial charge in [-0.25, -0.2) is 9.37 Å². The van der Waals surface area contributed by atoms with E-state index >= 15 is 0 Å². The van der Waals surface area contributed by atoms with E-state index in [1.165, 1.54) is 12.1 Å². The summed E-state index contributed by atoms with van der Waals surface area (Å²) in [5.41, 5.74) is 3.64. The fraction of sp³-hybridized carbons (Fsp3) is 0.118. The van der Waals surface area contributed by atoms with Crippen LogP contribution >= 0.6 is 0 Å². The third kappa shape index (κ3) is 3.17. The van der Waals surface area contributed by atoms with Gasteiger partial charge in [0.1, 0.15) is 11.3 Å². The van der Waals surface area contributed by atoms with Crippen molar-refractivity contribution in [3.8, 4) is 0 Å². The smallest absolute Gasteiger partial charge is 0.220 e. The van der Waals surface area contributed by atoms with E-state index in [4.69, 9.17) is 4.42 Å². The van der Waals surface area contributed by atoms with E-state index in [0.717, 1.165) is 28.8 Å². The molecule has 0 fully saturated rings. The average Bonchev–Trinajstić information content (AvgIpc) is 2.89. The number of nitrogens with zero attached hydrogens (tertiary/aromatic N) is 1. The zero-order chi connectivity index (χ0) is 14.7. The molecular weight excluding hydrogens is 267 g/mol. The Morgan fingerprint density at radius 1 is 1.14 bits per heavy atom. The van der Waals surface area contributed by atoms with Crippen LogP contribution < -0.4 is 5.32 Å². The number of nitrogens with one attached hydrogen (secondary N) is 1. The lowest BCUT2D eigenvalue weighted by atomic mass is 10.2. The first kappa shape index (κ1) is 13.5. The molecule has 1 aromatic heterocycles. The van der Waals surface area contributed by atoms with Gasteiger partial charge in [0.05, 0.1) is 0 Å². The Morgan fingerprint density at radius 2 is 1.95 bits per heavy atom. The van der Waals surface area contributed by atoms with Crippen molar-refractivity contribution in [2.45, 2.75) is 6.54 Å². The summed E-state index contributed by atoms with van der Waals surface area (Å²) in [7, 11) is 1.90. The molecule has 0 saturated carbocycles. The number of fused-ring (bicyclic) bond motifs is 1. The summed E-state index contributed by atoms with van der Waals surface area (Å²) in [6.07, 6.45) is 3.63. The number of hydrogen-bond donors (Lipinski definition) is 1. The fourth-order valence-electron chi connectivity index (χ4n) is 2.11. The molecule has 4 heteroatoms. The average molecular weight is 282 g/mol. The molecule has 0 bridgehead atoms. The highest BCUT2D eigenvalue weighted by Crippen LogP contribution is 2.19. The van der Waals surface area contributed by atoms with E-state index in [0.29, 0.717) is 5.89 Å². The van der Waals surface area contributed by atoms with Crippen LogP contribution in [-0.4, -0.2) is 12.0 Å². The molecule has 0 radical (unpaired) electrons. The maximum atomic E-state index is 12.8. The summed E-state index contributed by atoms with van der Waals surface area (Å²) in [5, 5.41) is 3.10. The van der Waals surface area contributed by atoms with Crippen molar-refractivity contribution in [1.29, 1.82) is 0 Å². The van der Waals surface area contributed by atoms with Crippen LogP contribution in [-0.2, 0) is 6.54 Å². The van der Waals surface area contributed by atoms with E-state index in [1.807, 2.05) is 31.3 Å². The van der Waals surface area contributed by atoms with E-state index in [2.05, 4.69) is 10.3 Å². The van der Waals surface area contributed by atoms with Crippen LogP contribution in [0.15, 0.2) is 46.9 Å². The van der Waals surface area contributed by atoms with E-state index in [1.54, 1.807) is 18.2 Å². The second-order valence-electron chi connectivity index (χ2n) is 4.77. The molecule has 0 spiro atoms. The molecule has 1 N–H and O–H groups in total. The van der Waals surface area contributed by atoms with Gasteiger partial charge in [-0.2, -0.15) is 0 Å². The highest BCUT2D eigenvalue weighted by molar-refractivity contribution is 5.76. The van der Waals surface area contributed by atoms with Gasteiger partial charge < -0.3 is 9.73 Å². The van der Waals surface area contributed by atoms with E-state index < -0.39 is 0 Å². The molecule has 0 atom stereocenters. The predicted molar refractivity (Wildman–Crippen MR) is 82.1 cm³/mol. The van der Waals surface area contributed by atoms with Gasteiger partial charge in [0.2, 0.25) is 5.89 Å². The maximum Gasteiger partial charge on any atom is 0.220 e. The van der Waals surface area contributed by atoms with Crippen molar-refractivity contribution in [2.24, 2.45) is 0 Å². The third-order valence-electron chi connectivity index (χ3n) is 3.14. The molecule has 21 heavy (non-hydrogen) atoms. The number of aromatic nitrogens is 1. The molecule has 106 valence electrons. The number of halogens is 1. The van der Waals surface area contributed by atoms with Crippen LogP contribution in [0.5, 0.6) is 0 Å². The summed E-state index contributed by atoms with van der Waals surface area (Å²) >= 11 is 0. The van der Waals surface area contributed by atoms with Crippen molar-refractivity contribution in [1.82, 2.24) is 10.3 Å². The molecule has 3 rings (SSSR count). The Hall–Kier alpha value is -2.46. The first-order valence-corrected chi connectivity index (χ1v) is 6.72. The van der Waals surface area contributed by atoms with Crippen molar-refractivity contribution in [2.75, 3.05) is 7.05 Å². The van der Waals surface area contributed by atoms with Gasteiger partial charge in [-0.15, -0.1) is 0 Å². The molecule has 0 unspecified atom stereocenters. The number of rotatable bonds is 4. The van der Waals surface area contributed by atoms with Crippen molar-refractivity contribution >= 4 is 23.3 Å². The van der Waals surface area contributed by atoms with Gasteiger partial charge in [-0.3, -0.25) is 0 Å². The molecular formula is C17H15FN2O. The summed E-state index contributed by atoms with van der Waals surface area (Å²) in [4.78, 5) is 4.40. The largest absolute Gasteiger partial charge is 0.437 e. The molecule has 3 nitrogen and oxygen atoms in total. The first-order valence-electron chi connectivity index (χ1n) is 6.72. The lowest BCUT2D eigenvalue weighted by molar-refractivity contribution is 0.589. The molecule has 0 saturated heterocycles. The molecule has 0 amide bonds. The van der Waals surface area contributed by atoms with Crippen LogP contribution in [0.25, 0.3) is 23.3 Å². The van der Waals surface area contributed by atoms with Gasteiger partial charge in [0, 0.05) is 12.6 Å². The quantitative estimate of drug-likeness (QED) is 0.789. The molecule has 1 heterocycles. The number of oxazole rings is 1. The Balaban J connectivity index is 1.85. The van der Waals surface area contributed by atoms with Crippen molar-refractivity contribution < 1.29 is 8.81 Å². The first-order chi connectivity index (χ1) is 10.2. The number of hydrogen-bond acceptors (Lipinski definition) is 3. The van der Waals surface area contributed by atoms with Crippen molar-refractivity contribution in [3.05, 3.63) is 65.3 Å². The number of benzene rings is 2. The van der Waals surface area contributed by atoms with E-state index in [-0.39, 0.29) is 5.82 Å². The fourth-order valence-corrected chi connectivity index (χ4v) is 2.11. The standard InChI is InChI=1S/C17H15FN2O/c1-19-11-13-4-8-15-16(10-13)21-17(20-15)9-5-12-2-6-14(18)7-3-12/h2-10,19H,11H2,1H3/b9-5+. The lowest BCUT2D eigenvalue weighted by Gasteiger charge is -1.97. The Bertz CT molecular complexity index is 775. The summed E-state index contributed by atoms with van der Waals surface area (Å²) in [6.45, 7) is 0.789. The normalized spacial score (nSPS) is 11.5. The van der Waals surface area contributed by atoms with Gasteiger partial charge in [0.15, 0.2) is 5.58 Å². The van der Waals surface area contributed by atoms with Crippen LogP contribution in [0.2, 0.25) is 0 Å². The monoisotopic (exact) mass is 282 g/mol. The third-order valence-corrected chi connectivity index (χ3v) is 3.14. The van der Waals surface area contributed by atoms with Crippen LogP contribution in [0.4, 0.5) is 4.39 Å². The zero-order valence-electron chi connectivity index (χ0n) is 11.6. The highest BCUT2D eigenvalue weighted by atomic mass is 19.1. The predicted octanol–water partition coefficient (Wildman–Crippen LogP) is 3.86. The molecule has 0 aliphatic rings. The minimum Gasteiger partial charge on any atom is -0.437 e. The lowest BCUT2D eigenvalue weighted by Crippen LogP contribution is -2.04. The van der Waals surface area contributed by atoms with Crippen LogP contribution in [0.3, 0.4) is 0 Å². The molecule has 3 aromatic rings. The minimum absolute atomic E-state index is 0.244. The molecule has 2 aromatic carbocycles. The van der Waals surface area contributed by atoms with Gasteiger partial charge >= 0.3 is 0 Å². The van der Waals surface area contributed by atoms with Crippen molar-refractivity contribution in [3.63, 3.8) is 0 Å². The second kappa shape index (κ2) is 5.89. The van der Waals surface area contributed by atoms with Crippen LogP contribution in [0, 0.1) is 5.82 Å². The summed E-state index contributed by atoms with van der Waals surface area (Å²) in [6, 6.07) is 12.2. The SMILES string of the molecule is CNCc1ccc2nc(/C=C/c3ccc(F)cc3)oc2c1. The molecule has 0 aliphatic carbocycles. The second-order valence-corrected chi connectivity index (χ2v) is 4.77. The van der Waals surface area contributed by atoms with Crippen LogP contribution in [0.1, 0.15) is 17.0 Å². The Kier molecular flexibility index (Phi) is 3.79. The van der Waals surface area contributed by atoms with Gasteiger partial charge in [0.25, 0.3) is 0 Å². The maximum absolute atomic E-state index is 12.8. The van der Waals surface area contributed by atoms with Gasteiger partial charge in [-0.05, 0) is 48.5 Å². The highest BCUT2D eigenvalue weighted by Gasteiger charge is 2.04. The van der Waals surface area contributed by atoms with Gasteiger partial charge in [-0.1, -0.05) is 18.2 Å². The summed E-state index contributed by atoms with van der Waals surface area (Å²) < 4.78 is 18.5.